The van der Waals surface area contributed by atoms with Gasteiger partial charge in [0, 0.05) is 12.1 Å². The number of ether oxygens (including phenoxy) is 2. The van der Waals surface area contributed by atoms with E-state index in [4.69, 9.17) is 10.5 Å². The minimum atomic E-state index is -1.05. The minimum Gasteiger partial charge on any atom is -0.465 e. The molecule has 0 aliphatic rings. The van der Waals surface area contributed by atoms with E-state index in [1.54, 1.807) is 32.9 Å². The molecule has 1 atom stereocenters. The van der Waals surface area contributed by atoms with Crippen LogP contribution in [0.2, 0.25) is 0 Å². The van der Waals surface area contributed by atoms with Gasteiger partial charge in [-0.15, -0.1) is 0 Å². The van der Waals surface area contributed by atoms with Gasteiger partial charge in [-0.3, -0.25) is 9.59 Å². The van der Waals surface area contributed by atoms with Crippen LogP contribution in [0.4, 0.5) is 10.5 Å². The van der Waals surface area contributed by atoms with Crippen LogP contribution in [0.25, 0.3) is 0 Å². The van der Waals surface area contributed by atoms with E-state index in [1.165, 1.54) is 19.2 Å². The number of rotatable bonds is 7. The molecule has 4 N–H and O–H groups in total. The number of anilines is 1. The first-order valence-electron chi connectivity index (χ1n) is 8.29. The van der Waals surface area contributed by atoms with Crippen molar-refractivity contribution in [2.45, 2.75) is 45.3 Å². The first-order valence-corrected chi connectivity index (χ1v) is 8.29. The summed E-state index contributed by atoms with van der Waals surface area (Å²) in [7, 11) is 1.25. The average molecular weight is 379 g/mol. The fraction of sp³-hybridized carbons (Fsp3) is 0.444. The highest BCUT2D eigenvalue weighted by molar-refractivity contribution is 5.98. The van der Waals surface area contributed by atoms with Crippen LogP contribution < -0.4 is 16.4 Å². The Balaban J connectivity index is 2.88. The lowest BCUT2D eigenvalue weighted by atomic mass is 10.1. The number of primary amides is 1. The quantitative estimate of drug-likeness (QED) is 0.615. The summed E-state index contributed by atoms with van der Waals surface area (Å²) >= 11 is 0. The summed E-state index contributed by atoms with van der Waals surface area (Å²) in [5.74, 6) is -1.74. The Bertz CT molecular complexity index is 711. The summed E-state index contributed by atoms with van der Waals surface area (Å²) in [5, 5.41) is 5.01. The number of nitrogens with two attached hydrogens (primary N) is 1. The summed E-state index contributed by atoms with van der Waals surface area (Å²) < 4.78 is 9.76. The van der Waals surface area contributed by atoms with E-state index in [2.05, 4.69) is 15.4 Å². The van der Waals surface area contributed by atoms with Gasteiger partial charge < -0.3 is 25.8 Å². The van der Waals surface area contributed by atoms with Crippen LogP contribution in [-0.2, 0) is 19.1 Å². The third-order valence-electron chi connectivity index (χ3n) is 3.24. The molecule has 3 amide bonds. The molecule has 0 aromatic heterocycles. The molecule has 1 aromatic rings. The second kappa shape index (κ2) is 9.56. The second-order valence-electron chi connectivity index (χ2n) is 6.77. The Morgan fingerprint density at radius 3 is 2.41 bits per heavy atom. The van der Waals surface area contributed by atoms with Crippen LogP contribution in [0.5, 0.6) is 0 Å². The summed E-state index contributed by atoms with van der Waals surface area (Å²) in [6.45, 7) is 5.05. The molecule has 1 rings (SSSR count). The van der Waals surface area contributed by atoms with E-state index in [0.717, 1.165) is 0 Å². The van der Waals surface area contributed by atoms with Crippen molar-refractivity contribution in [1.82, 2.24) is 5.32 Å². The molecule has 0 bridgehead atoms. The van der Waals surface area contributed by atoms with Gasteiger partial charge in [-0.05, 0) is 45.4 Å². The highest BCUT2D eigenvalue weighted by Gasteiger charge is 2.25. The second-order valence-corrected chi connectivity index (χ2v) is 6.77. The molecule has 27 heavy (non-hydrogen) atoms. The van der Waals surface area contributed by atoms with Gasteiger partial charge >= 0.3 is 12.1 Å². The number of hydrogen-bond donors (Lipinski definition) is 3. The normalized spacial score (nSPS) is 11.9. The van der Waals surface area contributed by atoms with Crippen molar-refractivity contribution in [3.63, 3.8) is 0 Å². The van der Waals surface area contributed by atoms with Gasteiger partial charge in [0.2, 0.25) is 11.8 Å². The Kier molecular flexibility index (Phi) is 7.77. The van der Waals surface area contributed by atoms with Crippen molar-refractivity contribution in [2.75, 3.05) is 12.4 Å². The lowest BCUT2D eigenvalue weighted by Crippen LogP contribution is -2.46. The zero-order chi connectivity index (χ0) is 20.6. The van der Waals surface area contributed by atoms with E-state index in [1.807, 2.05) is 0 Å². The van der Waals surface area contributed by atoms with Crippen LogP contribution in [0, 0.1) is 0 Å². The van der Waals surface area contributed by atoms with Gasteiger partial charge in [0.05, 0.1) is 12.7 Å². The molecule has 0 radical (unpaired) electrons. The predicted molar refractivity (Wildman–Crippen MR) is 98.0 cm³/mol. The number of carbonyl (C=O) groups is 4. The Hall–Kier alpha value is -3.10. The topological polar surface area (TPSA) is 137 Å². The Morgan fingerprint density at radius 2 is 1.85 bits per heavy atom. The Labute approximate surface area is 157 Å². The largest absolute Gasteiger partial charge is 0.465 e. The first-order chi connectivity index (χ1) is 12.5. The number of methoxy groups -OCH3 is 1. The van der Waals surface area contributed by atoms with E-state index in [9.17, 15) is 19.2 Å². The van der Waals surface area contributed by atoms with Crippen molar-refractivity contribution in [3.8, 4) is 0 Å². The molecular formula is C18H25N3O6. The summed E-state index contributed by atoms with van der Waals surface area (Å²) in [4.78, 5) is 47.1. The van der Waals surface area contributed by atoms with Crippen molar-refractivity contribution in [1.29, 1.82) is 0 Å². The van der Waals surface area contributed by atoms with Crippen LogP contribution in [0.1, 0.15) is 44.0 Å². The molecule has 0 saturated carbocycles. The van der Waals surface area contributed by atoms with E-state index in [-0.39, 0.29) is 18.4 Å². The lowest BCUT2D eigenvalue weighted by molar-refractivity contribution is -0.119. The lowest BCUT2D eigenvalue weighted by Gasteiger charge is -2.23. The molecule has 0 saturated heterocycles. The van der Waals surface area contributed by atoms with Gasteiger partial charge in [-0.2, -0.15) is 0 Å². The van der Waals surface area contributed by atoms with Crippen molar-refractivity contribution >= 4 is 29.6 Å². The van der Waals surface area contributed by atoms with Crippen molar-refractivity contribution in [3.05, 3.63) is 29.8 Å². The standard InChI is InChI=1S/C18H25N3O6/c1-18(2,3)27-17(25)21-13(8-9-14(19)22)15(23)20-12-7-5-6-11(10-12)16(24)26-4/h5-7,10,13H,8-9H2,1-4H3,(H2,19,22)(H,20,23)(H,21,25)/t13-/m1/s1. The zero-order valence-corrected chi connectivity index (χ0v) is 15.8. The van der Waals surface area contributed by atoms with E-state index >= 15 is 0 Å². The number of amides is 3. The monoisotopic (exact) mass is 379 g/mol. The van der Waals surface area contributed by atoms with E-state index in [0.29, 0.717) is 5.69 Å². The van der Waals surface area contributed by atoms with Crippen molar-refractivity contribution in [2.24, 2.45) is 5.73 Å². The van der Waals surface area contributed by atoms with Crippen molar-refractivity contribution < 1.29 is 28.7 Å². The van der Waals surface area contributed by atoms with Gasteiger partial charge in [0.15, 0.2) is 0 Å². The maximum Gasteiger partial charge on any atom is 0.408 e. The third-order valence-corrected chi connectivity index (χ3v) is 3.24. The minimum absolute atomic E-state index is 0.00288. The Morgan fingerprint density at radius 1 is 1.19 bits per heavy atom. The average Bonchev–Trinajstić information content (AvgIpc) is 2.56. The van der Waals surface area contributed by atoms with Crippen LogP contribution in [0.3, 0.4) is 0 Å². The third kappa shape index (κ3) is 8.21. The number of benzene rings is 1. The molecule has 0 heterocycles. The first kappa shape index (κ1) is 21.9. The van der Waals surface area contributed by atoms with Gasteiger partial charge in [-0.25, -0.2) is 9.59 Å². The summed E-state index contributed by atoms with van der Waals surface area (Å²) in [6.07, 6.45) is -0.900. The molecule has 0 aliphatic carbocycles. The maximum atomic E-state index is 12.5. The summed E-state index contributed by atoms with van der Waals surface area (Å²) in [6, 6.07) is 5.06. The SMILES string of the molecule is COC(=O)c1cccc(NC(=O)[C@@H](CCC(N)=O)NC(=O)OC(C)(C)C)c1. The summed E-state index contributed by atoms with van der Waals surface area (Å²) in [5.41, 5.74) is 4.97. The fourth-order valence-corrected chi connectivity index (χ4v) is 2.08. The highest BCUT2D eigenvalue weighted by Crippen LogP contribution is 2.13. The fourth-order valence-electron chi connectivity index (χ4n) is 2.08. The number of nitrogens with one attached hydrogen (secondary N) is 2. The number of hydrogen-bond acceptors (Lipinski definition) is 6. The van der Waals surface area contributed by atoms with Gasteiger partial charge in [0.1, 0.15) is 11.6 Å². The van der Waals surface area contributed by atoms with Gasteiger partial charge in [-0.1, -0.05) is 6.07 Å². The molecule has 0 spiro atoms. The van der Waals surface area contributed by atoms with Crippen LogP contribution in [0.15, 0.2) is 24.3 Å². The van der Waals surface area contributed by atoms with E-state index < -0.39 is 35.5 Å². The maximum absolute atomic E-state index is 12.5. The number of carbonyl (C=O) groups excluding carboxylic acids is 4. The van der Waals surface area contributed by atoms with Crippen LogP contribution in [-0.4, -0.2) is 42.6 Å². The molecule has 0 aliphatic heterocycles. The number of alkyl carbamates (subject to hydrolysis) is 1. The molecule has 9 nitrogen and oxygen atoms in total. The molecule has 0 unspecified atom stereocenters. The highest BCUT2D eigenvalue weighted by atomic mass is 16.6. The van der Waals surface area contributed by atoms with Crippen LogP contribution >= 0.6 is 0 Å². The molecule has 0 fully saturated rings. The molecular weight excluding hydrogens is 354 g/mol. The smallest absolute Gasteiger partial charge is 0.408 e. The molecule has 1 aromatic carbocycles. The predicted octanol–water partition coefficient (Wildman–Crippen LogP) is 1.57. The van der Waals surface area contributed by atoms with Gasteiger partial charge in [0.25, 0.3) is 0 Å². The zero-order valence-electron chi connectivity index (χ0n) is 15.8. The number of esters is 1. The molecule has 9 heteroatoms. The molecule has 148 valence electrons.